The molecule has 0 radical (unpaired) electrons. The van der Waals surface area contributed by atoms with Gasteiger partial charge in [-0.05, 0) is 44.7 Å². The highest BCUT2D eigenvalue weighted by atomic mass is 16.5. The highest BCUT2D eigenvalue weighted by Gasteiger charge is 2.25. The minimum atomic E-state index is -1.04. The molecule has 0 spiro atoms. The van der Waals surface area contributed by atoms with Crippen molar-refractivity contribution in [3.63, 3.8) is 0 Å². The maximum Gasteiger partial charge on any atom is 0.329 e. The molecule has 114 valence electrons. The van der Waals surface area contributed by atoms with Gasteiger partial charge in [0, 0.05) is 19.6 Å². The third-order valence-corrected chi connectivity index (χ3v) is 4.13. The lowest BCUT2D eigenvalue weighted by atomic mass is 9.96. The van der Waals surface area contributed by atoms with Crippen LogP contribution in [-0.4, -0.2) is 72.7 Å². The van der Waals surface area contributed by atoms with Crippen molar-refractivity contribution in [3.05, 3.63) is 0 Å². The van der Waals surface area contributed by atoms with Crippen LogP contribution in [0, 0.1) is 5.92 Å². The fraction of sp³-hybridized carbons (Fsp3) is 0.857. The van der Waals surface area contributed by atoms with E-state index in [2.05, 4.69) is 4.90 Å². The summed E-state index contributed by atoms with van der Waals surface area (Å²) in [6.07, 6.45) is 4.72. The molecule has 0 unspecified atom stereocenters. The van der Waals surface area contributed by atoms with E-state index in [1.165, 1.54) is 25.9 Å². The zero-order valence-electron chi connectivity index (χ0n) is 11.9. The normalized spacial score (nSPS) is 21.3. The molecule has 2 heterocycles. The highest BCUT2D eigenvalue weighted by molar-refractivity contribution is 5.78. The Bertz CT molecular complexity index is 334. The average Bonchev–Trinajstić information content (AvgIpc) is 2.92. The Morgan fingerprint density at radius 3 is 2.30 bits per heavy atom. The molecule has 2 fully saturated rings. The van der Waals surface area contributed by atoms with E-state index in [1.807, 2.05) is 0 Å². The molecule has 0 aliphatic carbocycles. The molecule has 1 amide bonds. The van der Waals surface area contributed by atoms with E-state index < -0.39 is 12.6 Å². The van der Waals surface area contributed by atoms with E-state index in [9.17, 15) is 9.59 Å². The standard InChI is InChI=1S/C14H24N2O4/c17-13(10-20-11-14(18)19)16-7-3-12(4-8-16)9-15-5-1-2-6-15/h12H,1-11H2,(H,18,19). The summed E-state index contributed by atoms with van der Waals surface area (Å²) in [5.41, 5.74) is 0. The molecular formula is C14H24N2O4. The Kier molecular flexibility index (Phi) is 5.79. The van der Waals surface area contributed by atoms with E-state index >= 15 is 0 Å². The van der Waals surface area contributed by atoms with Crippen molar-refractivity contribution < 1.29 is 19.4 Å². The number of carboxylic acid groups (broad SMARTS) is 1. The van der Waals surface area contributed by atoms with Gasteiger partial charge in [0.1, 0.15) is 13.2 Å². The average molecular weight is 284 g/mol. The van der Waals surface area contributed by atoms with Crippen LogP contribution in [-0.2, 0) is 14.3 Å². The Morgan fingerprint density at radius 2 is 1.70 bits per heavy atom. The van der Waals surface area contributed by atoms with Crippen LogP contribution in [0.25, 0.3) is 0 Å². The van der Waals surface area contributed by atoms with Gasteiger partial charge in [-0.2, -0.15) is 0 Å². The van der Waals surface area contributed by atoms with Gasteiger partial charge in [0.05, 0.1) is 0 Å². The number of carbonyl (C=O) groups excluding carboxylic acids is 1. The number of likely N-dealkylation sites (tertiary alicyclic amines) is 2. The summed E-state index contributed by atoms with van der Waals surface area (Å²) in [6.45, 7) is 4.63. The second kappa shape index (κ2) is 7.59. The van der Waals surface area contributed by atoms with Crippen molar-refractivity contribution in [3.8, 4) is 0 Å². The number of piperidine rings is 1. The molecule has 0 aromatic carbocycles. The zero-order chi connectivity index (χ0) is 14.4. The largest absolute Gasteiger partial charge is 0.480 e. The fourth-order valence-electron chi connectivity index (χ4n) is 3.01. The first kappa shape index (κ1) is 15.3. The predicted octanol–water partition coefficient (Wildman–Crippen LogP) is 0.422. The number of nitrogens with zero attached hydrogens (tertiary/aromatic N) is 2. The van der Waals surface area contributed by atoms with Crippen molar-refractivity contribution in [2.75, 3.05) is 45.9 Å². The molecule has 2 rings (SSSR count). The number of amides is 1. The van der Waals surface area contributed by atoms with Gasteiger partial charge < -0.3 is 19.6 Å². The second-order valence-corrected chi connectivity index (χ2v) is 5.72. The third kappa shape index (κ3) is 4.76. The zero-order valence-corrected chi connectivity index (χ0v) is 11.9. The number of rotatable bonds is 6. The SMILES string of the molecule is O=C(O)COCC(=O)N1CCC(CN2CCCC2)CC1. The van der Waals surface area contributed by atoms with Gasteiger partial charge in [0.25, 0.3) is 0 Å². The number of carboxylic acids is 1. The first-order chi connectivity index (χ1) is 9.65. The Morgan fingerprint density at radius 1 is 1.05 bits per heavy atom. The van der Waals surface area contributed by atoms with Gasteiger partial charge in [-0.15, -0.1) is 0 Å². The topological polar surface area (TPSA) is 70.1 Å². The third-order valence-electron chi connectivity index (χ3n) is 4.13. The summed E-state index contributed by atoms with van der Waals surface area (Å²) in [5.74, 6) is -0.440. The van der Waals surface area contributed by atoms with Crippen LogP contribution in [0.4, 0.5) is 0 Å². The van der Waals surface area contributed by atoms with Crippen molar-refractivity contribution in [2.24, 2.45) is 5.92 Å². The number of ether oxygens (including phenoxy) is 1. The van der Waals surface area contributed by atoms with E-state index in [-0.39, 0.29) is 12.5 Å². The monoisotopic (exact) mass is 284 g/mol. The Hall–Kier alpha value is -1.14. The summed E-state index contributed by atoms with van der Waals surface area (Å²) in [7, 11) is 0. The molecule has 1 N–H and O–H groups in total. The van der Waals surface area contributed by atoms with Gasteiger partial charge in [0.2, 0.25) is 5.91 Å². The van der Waals surface area contributed by atoms with Crippen molar-refractivity contribution in [1.29, 1.82) is 0 Å². The highest BCUT2D eigenvalue weighted by Crippen LogP contribution is 2.20. The van der Waals surface area contributed by atoms with Gasteiger partial charge in [-0.1, -0.05) is 0 Å². The molecule has 6 nitrogen and oxygen atoms in total. The molecule has 0 aromatic heterocycles. The maximum absolute atomic E-state index is 11.8. The van der Waals surface area contributed by atoms with Gasteiger partial charge >= 0.3 is 5.97 Å². The minimum absolute atomic E-state index is 0.0918. The smallest absolute Gasteiger partial charge is 0.329 e. The van der Waals surface area contributed by atoms with Crippen LogP contribution in [0.5, 0.6) is 0 Å². The summed E-state index contributed by atoms with van der Waals surface area (Å²) in [4.78, 5) is 26.5. The van der Waals surface area contributed by atoms with E-state index in [4.69, 9.17) is 9.84 Å². The van der Waals surface area contributed by atoms with Crippen molar-refractivity contribution in [1.82, 2.24) is 9.80 Å². The molecular weight excluding hydrogens is 260 g/mol. The lowest BCUT2D eigenvalue weighted by Gasteiger charge is -2.33. The van der Waals surface area contributed by atoms with Crippen LogP contribution in [0.15, 0.2) is 0 Å². The molecule has 20 heavy (non-hydrogen) atoms. The summed E-state index contributed by atoms with van der Waals surface area (Å²) in [6, 6.07) is 0. The lowest BCUT2D eigenvalue weighted by molar-refractivity contribution is -0.146. The van der Waals surface area contributed by atoms with E-state index in [0.717, 1.165) is 32.5 Å². The predicted molar refractivity (Wildman–Crippen MR) is 73.4 cm³/mol. The molecule has 2 aliphatic heterocycles. The van der Waals surface area contributed by atoms with Gasteiger partial charge in [0.15, 0.2) is 0 Å². The molecule has 2 aliphatic rings. The molecule has 0 aromatic rings. The van der Waals surface area contributed by atoms with Gasteiger partial charge in [-0.3, -0.25) is 4.79 Å². The first-order valence-corrected chi connectivity index (χ1v) is 7.45. The van der Waals surface area contributed by atoms with Crippen LogP contribution >= 0.6 is 0 Å². The summed E-state index contributed by atoms with van der Waals surface area (Å²) < 4.78 is 4.85. The molecule has 0 saturated carbocycles. The lowest BCUT2D eigenvalue weighted by Crippen LogP contribution is -2.42. The number of carbonyl (C=O) groups is 2. The first-order valence-electron chi connectivity index (χ1n) is 7.45. The molecule has 6 heteroatoms. The van der Waals surface area contributed by atoms with Crippen molar-refractivity contribution >= 4 is 11.9 Å². The fourth-order valence-corrected chi connectivity index (χ4v) is 3.01. The Balaban J connectivity index is 1.62. The molecule has 2 saturated heterocycles. The van der Waals surface area contributed by atoms with Gasteiger partial charge in [-0.25, -0.2) is 4.79 Å². The number of aliphatic carboxylic acids is 1. The van der Waals surface area contributed by atoms with E-state index in [0.29, 0.717) is 5.92 Å². The number of hydrogen-bond donors (Lipinski definition) is 1. The van der Waals surface area contributed by atoms with E-state index in [1.54, 1.807) is 4.90 Å². The second-order valence-electron chi connectivity index (χ2n) is 5.72. The molecule has 0 bridgehead atoms. The summed E-state index contributed by atoms with van der Waals surface area (Å²) in [5, 5.41) is 8.45. The van der Waals surface area contributed by atoms with Crippen LogP contribution in [0.1, 0.15) is 25.7 Å². The maximum atomic E-state index is 11.8. The molecule has 0 atom stereocenters. The van der Waals surface area contributed by atoms with Crippen LogP contribution in [0.2, 0.25) is 0 Å². The minimum Gasteiger partial charge on any atom is -0.480 e. The van der Waals surface area contributed by atoms with Crippen molar-refractivity contribution in [2.45, 2.75) is 25.7 Å². The number of hydrogen-bond acceptors (Lipinski definition) is 4. The van der Waals surface area contributed by atoms with Crippen LogP contribution in [0.3, 0.4) is 0 Å². The summed E-state index contributed by atoms with van der Waals surface area (Å²) >= 11 is 0. The quantitative estimate of drug-likeness (QED) is 0.765. The van der Waals surface area contributed by atoms with Crippen LogP contribution < -0.4 is 0 Å². The Labute approximate surface area is 119 Å².